The molecule has 5 nitrogen and oxygen atoms in total. The van der Waals surface area contributed by atoms with Crippen LogP contribution < -0.4 is 21.6 Å². The third-order valence-corrected chi connectivity index (χ3v) is 3.60. The molecule has 4 rings (SSSR count). The van der Waals surface area contributed by atoms with Crippen molar-refractivity contribution in [3.05, 3.63) is 70.3 Å². The molecule has 0 atom stereocenters. The van der Waals surface area contributed by atoms with Crippen molar-refractivity contribution < 1.29 is 0 Å². The first-order valence-electron chi connectivity index (χ1n) is 6.90. The summed E-state index contributed by atoms with van der Waals surface area (Å²) in [7, 11) is 0. The van der Waals surface area contributed by atoms with Crippen LogP contribution in [0.25, 0.3) is 27.9 Å². The first kappa shape index (κ1) is 12.5. The highest BCUT2D eigenvalue weighted by atomic mass is 16.1. The van der Waals surface area contributed by atoms with Crippen LogP contribution in [-0.2, 0) is 0 Å². The molecule has 2 aromatic carbocycles. The molecular weight excluding hydrogens is 276 g/mol. The van der Waals surface area contributed by atoms with Gasteiger partial charge in [0, 0.05) is 23.0 Å². The zero-order valence-corrected chi connectivity index (χ0v) is 11.6. The Bertz CT molecular complexity index is 1050. The summed E-state index contributed by atoms with van der Waals surface area (Å²) in [5.41, 5.74) is 6.60. The Morgan fingerprint density at radius 3 is 2.73 bits per heavy atom. The average molecular weight is 288 g/mol. The van der Waals surface area contributed by atoms with Crippen molar-refractivity contribution >= 4 is 33.7 Å². The van der Waals surface area contributed by atoms with Crippen molar-refractivity contribution in [2.45, 2.75) is 0 Å². The van der Waals surface area contributed by atoms with E-state index < -0.39 is 0 Å². The van der Waals surface area contributed by atoms with Gasteiger partial charge in [0.1, 0.15) is 5.82 Å². The Balaban J connectivity index is 1.77. The maximum Gasteiger partial charge on any atom is 0.278 e. The lowest BCUT2D eigenvalue weighted by atomic mass is 10.1. The van der Waals surface area contributed by atoms with Crippen LogP contribution in [0, 0.1) is 0 Å². The van der Waals surface area contributed by atoms with E-state index in [0.29, 0.717) is 5.39 Å². The molecule has 5 heteroatoms. The summed E-state index contributed by atoms with van der Waals surface area (Å²) in [6.07, 6.45) is 3.57. The molecule has 4 aromatic rings. The molecule has 0 aliphatic heterocycles. The largest absolute Gasteiger partial charge is 0.306 e. The number of hydrogen-bond acceptors (Lipinski definition) is 5. The second-order valence-corrected chi connectivity index (χ2v) is 4.95. The van der Waals surface area contributed by atoms with Crippen LogP contribution in [-0.4, -0.2) is 9.97 Å². The Morgan fingerprint density at radius 2 is 1.86 bits per heavy atom. The standard InChI is InChI=1S/C17H12N4O/c22-17-13-5-3-4-12-11(7-8-14(20-17)16(12)13)10-19-21-15-6-1-2-9-18-15/h1-10,19H,(H,18,21). The summed E-state index contributed by atoms with van der Waals surface area (Å²) in [6, 6.07) is 15.1. The molecule has 0 aliphatic rings. The van der Waals surface area contributed by atoms with Crippen LogP contribution in [0.3, 0.4) is 0 Å². The zero-order chi connectivity index (χ0) is 14.9. The van der Waals surface area contributed by atoms with Crippen LogP contribution in [0.5, 0.6) is 0 Å². The van der Waals surface area contributed by atoms with Gasteiger partial charge in [0.05, 0.1) is 10.9 Å². The SMILES string of the molecule is O=c1nc2ccc(=CNNc3ccccn3)c3cccc1c23. The maximum absolute atomic E-state index is 11.8. The van der Waals surface area contributed by atoms with Gasteiger partial charge in [-0.2, -0.15) is 0 Å². The van der Waals surface area contributed by atoms with Gasteiger partial charge in [-0.3, -0.25) is 10.2 Å². The van der Waals surface area contributed by atoms with E-state index in [2.05, 4.69) is 20.8 Å². The van der Waals surface area contributed by atoms with Gasteiger partial charge >= 0.3 is 0 Å². The third kappa shape index (κ3) is 2.00. The highest BCUT2D eigenvalue weighted by molar-refractivity contribution is 6.09. The third-order valence-electron chi connectivity index (χ3n) is 3.60. The van der Waals surface area contributed by atoms with E-state index in [9.17, 15) is 4.79 Å². The van der Waals surface area contributed by atoms with Crippen molar-refractivity contribution in [2.24, 2.45) is 0 Å². The molecule has 0 bridgehead atoms. The number of benzene rings is 2. The smallest absolute Gasteiger partial charge is 0.278 e. The molecule has 0 aliphatic carbocycles. The van der Waals surface area contributed by atoms with Crippen LogP contribution in [0.15, 0.2) is 59.5 Å². The van der Waals surface area contributed by atoms with E-state index in [1.165, 1.54) is 0 Å². The summed E-state index contributed by atoms with van der Waals surface area (Å²) < 4.78 is 0. The van der Waals surface area contributed by atoms with E-state index >= 15 is 0 Å². The predicted molar refractivity (Wildman–Crippen MR) is 87.4 cm³/mol. The van der Waals surface area contributed by atoms with Gasteiger partial charge < -0.3 is 5.43 Å². The van der Waals surface area contributed by atoms with Crippen molar-refractivity contribution in [3.63, 3.8) is 0 Å². The molecule has 0 radical (unpaired) electrons. The summed E-state index contributed by atoms with van der Waals surface area (Å²) in [5.74, 6) is 0.731. The summed E-state index contributed by atoms with van der Waals surface area (Å²) in [6.45, 7) is 0. The van der Waals surface area contributed by atoms with Crippen LogP contribution in [0.1, 0.15) is 0 Å². The molecule has 0 spiro atoms. The van der Waals surface area contributed by atoms with Gasteiger partial charge in [-0.05, 0) is 29.7 Å². The molecule has 2 aromatic heterocycles. The number of hydrazine groups is 1. The average Bonchev–Trinajstić information content (AvgIpc) is 2.89. The van der Waals surface area contributed by atoms with Gasteiger partial charge in [0.25, 0.3) is 5.56 Å². The fourth-order valence-electron chi connectivity index (χ4n) is 2.60. The minimum absolute atomic E-state index is 0.169. The lowest BCUT2D eigenvalue weighted by molar-refractivity contribution is 1.08. The molecule has 22 heavy (non-hydrogen) atoms. The molecule has 2 N–H and O–H groups in total. The zero-order valence-electron chi connectivity index (χ0n) is 11.6. The lowest BCUT2D eigenvalue weighted by Crippen LogP contribution is -2.19. The second kappa shape index (κ2) is 4.96. The Hall–Kier alpha value is -3.21. The fourth-order valence-corrected chi connectivity index (χ4v) is 2.60. The van der Waals surface area contributed by atoms with Crippen molar-refractivity contribution in [2.75, 3.05) is 5.43 Å². The molecule has 0 saturated carbocycles. The summed E-state index contributed by atoms with van der Waals surface area (Å²) in [4.78, 5) is 20.1. The normalized spacial score (nSPS) is 12.1. The van der Waals surface area contributed by atoms with Crippen LogP contribution in [0.4, 0.5) is 5.82 Å². The minimum Gasteiger partial charge on any atom is -0.306 e. The molecule has 0 amide bonds. The predicted octanol–water partition coefficient (Wildman–Crippen LogP) is 1.65. The first-order valence-corrected chi connectivity index (χ1v) is 6.90. The molecule has 0 unspecified atom stereocenters. The lowest BCUT2D eigenvalue weighted by Gasteiger charge is -2.04. The number of rotatable bonds is 3. The van der Waals surface area contributed by atoms with Gasteiger partial charge in [-0.1, -0.05) is 24.3 Å². The van der Waals surface area contributed by atoms with Gasteiger partial charge in [-0.15, -0.1) is 0 Å². The number of anilines is 1. The number of pyridine rings is 1. The molecule has 106 valence electrons. The monoisotopic (exact) mass is 288 g/mol. The van der Waals surface area contributed by atoms with Crippen LogP contribution >= 0.6 is 0 Å². The number of aromatic nitrogens is 2. The number of hydrogen-bond donors (Lipinski definition) is 2. The highest BCUT2D eigenvalue weighted by Crippen LogP contribution is 2.20. The molecule has 0 fully saturated rings. The van der Waals surface area contributed by atoms with E-state index in [1.54, 1.807) is 6.20 Å². The number of nitrogens with one attached hydrogen (secondary N) is 2. The topological polar surface area (TPSA) is 66.9 Å². The highest BCUT2D eigenvalue weighted by Gasteiger charge is 2.09. The first-order chi connectivity index (χ1) is 10.8. The van der Waals surface area contributed by atoms with Crippen molar-refractivity contribution in [1.29, 1.82) is 0 Å². The van der Waals surface area contributed by atoms with Gasteiger partial charge in [0.2, 0.25) is 0 Å². The fraction of sp³-hybridized carbons (Fsp3) is 0. The Morgan fingerprint density at radius 1 is 0.955 bits per heavy atom. The van der Waals surface area contributed by atoms with E-state index in [1.807, 2.05) is 54.7 Å². The molecular formula is C17H12N4O. The van der Waals surface area contributed by atoms with Crippen LogP contribution in [0.2, 0.25) is 0 Å². The van der Waals surface area contributed by atoms with Gasteiger partial charge in [0.15, 0.2) is 0 Å². The molecule has 2 heterocycles. The molecule has 0 saturated heterocycles. The quantitative estimate of drug-likeness (QED) is 0.561. The van der Waals surface area contributed by atoms with Gasteiger partial charge in [-0.25, -0.2) is 9.97 Å². The Kier molecular flexibility index (Phi) is 2.83. The number of nitrogens with zero attached hydrogens (tertiary/aromatic N) is 2. The van der Waals surface area contributed by atoms with E-state index in [4.69, 9.17) is 0 Å². The summed E-state index contributed by atoms with van der Waals surface area (Å²) in [5, 5.41) is 3.56. The summed E-state index contributed by atoms with van der Waals surface area (Å²) >= 11 is 0. The van der Waals surface area contributed by atoms with Crippen molar-refractivity contribution in [3.8, 4) is 0 Å². The van der Waals surface area contributed by atoms with Crippen molar-refractivity contribution in [1.82, 2.24) is 15.4 Å². The minimum atomic E-state index is -0.169. The second-order valence-electron chi connectivity index (χ2n) is 4.95. The van der Waals surface area contributed by atoms with E-state index in [0.717, 1.165) is 27.3 Å². The van der Waals surface area contributed by atoms with E-state index in [-0.39, 0.29) is 5.56 Å². The maximum atomic E-state index is 11.8. The Labute approximate surface area is 125 Å².